The van der Waals surface area contributed by atoms with Gasteiger partial charge in [-0.25, -0.2) is 4.98 Å². The van der Waals surface area contributed by atoms with Crippen LogP contribution in [0.15, 0.2) is 35.4 Å². The van der Waals surface area contributed by atoms with Crippen LogP contribution in [-0.4, -0.2) is 23.1 Å². The van der Waals surface area contributed by atoms with Gasteiger partial charge in [-0.15, -0.1) is 11.3 Å². The van der Waals surface area contributed by atoms with E-state index in [1.807, 2.05) is 24.0 Å². The van der Waals surface area contributed by atoms with Crippen LogP contribution in [0, 0.1) is 0 Å². The summed E-state index contributed by atoms with van der Waals surface area (Å²) < 4.78 is 0. The molecule has 4 heteroatoms. The van der Waals surface area contributed by atoms with E-state index in [2.05, 4.69) is 33.2 Å². The third-order valence-electron chi connectivity index (χ3n) is 3.66. The van der Waals surface area contributed by atoms with Crippen LogP contribution in [0.1, 0.15) is 44.7 Å². The molecule has 0 aliphatic heterocycles. The van der Waals surface area contributed by atoms with Gasteiger partial charge in [-0.3, -0.25) is 4.98 Å². The normalized spacial score (nSPS) is 10.7. The summed E-state index contributed by atoms with van der Waals surface area (Å²) in [4.78, 5) is 11.1. The van der Waals surface area contributed by atoms with E-state index in [1.165, 1.54) is 43.5 Å². The summed E-state index contributed by atoms with van der Waals surface area (Å²) in [6, 6.07) is 4.17. The first-order chi connectivity index (χ1) is 10.4. The van der Waals surface area contributed by atoms with Crippen LogP contribution >= 0.6 is 11.3 Å². The molecule has 2 rings (SSSR count). The van der Waals surface area contributed by atoms with E-state index in [4.69, 9.17) is 0 Å². The molecule has 0 bridgehead atoms. The van der Waals surface area contributed by atoms with Crippen LogP contribution in [0.5, 0.6) is 0 Å². The van der Waals surface area contributed by atoms with Crippen LogP contribution in [0.25, 0.3) is 0 Å². The molecule has 0 saturated heterocycles. The number of hydrogen-bond donors (Lipinski definition) is 0. The first-order valence-electron chi connectivity index (χ1n) is 7.92. The van der Waals surface area contributed by atoms with Crippen molar-refractivity contribution in [2.24, 2.45) is 0 Å². The quantitative estimate of drug-likeness (QED) is 0.603. The Morgan fingerprint density at radius 3 is 2.76 bits per heavy atom. The summed E-state index contributed by atoms with van der Waals surface area (Å²) in [6.45, 7) is 4.39. The molecular formula is C17H25N3S. The van der Waals surface area contributed by atoms with Crippen molar-refractivity contribution in [1.82, 2.24) is 9.97 Å². The second-order valence-corrected chi connectivity index (χ2v) is 6.06. The molecule has 0 aliphatic rings. The molecule has 0 atom stereocenters. The molecule has 0 amide bonds. The minimum absolute atomic E-state index is 1.01. The van der Waals surface area contributed by atoms with Crippen molar-refractivity contribution in [1.29, 1.82) is 0 Å². The average Bonchev–Trinajstić information content (AvgIpc) is 3.04. The molecule has 2 heterocycles. The molecule has 0 fully saturated rings. The van der Waals surface area contributed by atoms with E-state index in [0.29, 0.717) is 0 Å². The molecule has 21 heavy (non-hydrogen) atoms. The largest absolute Gasteiger partial charge is 0.370 e. The lowest BCUT2D eigenvalue weighted by molar-refractivity contribution is 0.616. The van der Waals surface area contributed by atoms with Crippen LogP contribution in [0.4, 0.5) is 5.69 Å². The number of unbranched alkanes of at least 4 members (excludes halogenated alkanes) is 4. The second kappa shape index (κ2) is 9.50. The first-order valence-corrected chi connectivity index (χ1v) is 8.86. The molecule has 3 nitrogen and oxygen atoms in total. The van der Waals surface area contributed by atoms with Crippen LogP contribution in [0.2, 0.25) is 0 Å². The number of pyridine rings is 1. The summed E-state index contributed by atoms with van der Waals surface area (Å²) in [7, 11) is 0. The Labute approximate surface area is 132 Å². The standard InChI is InChI=1S/C17H25N3S/c1-2-3-4-5-6-11-20(17-8-7-10-18-13-17)12-9-16-14-21-15-19-16/h7-8,10,13-15H,2-6,9,11-12H2,1H3. The maximum atomic E-state index is 4.38. The molecule has 0 aromatic carbocycles. The maximum absolute atomic E-state index is 4.38. The van der Waals surface area contributed by atoms with Crippen molar-refractivity contribution >= 4 is 17.0 Å². The van der Waals surface area contributed by atoms with E-state index in [0.717, 1.165) is 19.5 Å². The SMILES string of the molecule is CCCCCCCN(CCc1cscn1)c1cccnc1. The van der Waals surface area contributed by atoms with E-state index < -0.39 is 0 Å². The summed E-state index contributed by atoms with van der Waals surface area (Å²) in [5, 5.41) is 2.14. The Balaban J connectivity index is 1.84. The van der Waals surface area contributed by atoms with Crippen LogP contribution < -0.4 is 4.90 Å². The Hall–Kier alpha value is -1.42. The summed E-state index contributed by atoms with van der Waals surface area (Å²) >= 11 is 1.67. The molecule has 114 valence electrons. The number of hydrogen-bond acceptors (Lipinski definition) is 4. The molecule has 0 saturated carbocycles. The van der Waals surface area contributed by atoms with E-state index in [1.54, 1.807) is 11.3 Å². The highest BCUT2D eigenvalue weighted by Crippen LogP contribution is 2.15. The van der Waals surface area contributed by atoms with Gasteiger partial charge in [0.05, 0.1) is 23.1 Å². The molecular weight excluding hydrogens is 278 g/mol. The Bertz CT molecular complexity index is 470. The van der Waals surface area contributed by atoms with Gasteiger partial charge in [-0.1, -0.05) is 32.6 Å². The van der Waals surface area contributed by atoms with Gasteiger partial charge in [-0.2, -0.15) is 0 Å². The predicted molar refractivity (Wildman–Crippen MR) is 91.0 cm³/mol. The fourth-order valence-electron chi connectivity index (χ4n) is 2.43. The summed E-state index contributed by atoms with van der Waals surface area (Å²) in [6.07, 6.45) is 11.4. The van der Waals surface area contributed by atoms with Gasteiger partial charge in [0.1, 0.15) is 0 Å². The molecule has 2 aromatic heterocycles. The predicted octanol–water partition coefficient (Wildman–Crippen LogP) is 4.56. The highest BCUT2D eigenvalue weighted by molar-refractivity contribution is 7.07. The van der Waals surface area contributed by atoms with Crippen molar-refractivity contribution in [2.75, 3.05) is 18.0 Å². The zero-order valence-electron chi connectivity index (χ0n) is 12.9. The lowest BCUT2D eigenvalue weighted by Gasteiger charge is -2.24. The first kappa shape index (κ1) is 16.0. The van der Waals surface area contributed by atoms with Gasteiger partial charge in [0.15, 0.2) is 0 Å². The Morgan fingerprint density at radius 1 is 1.14 bits per heavy atom. The monoisotopic (exact) mass is 303 g/mol. The van der Waals surface area contributed by atoms with Gasteiger partial charge in [0.2, 0.25) is 0 Å². The van der Waals surface area contributed by atoms with Gasteiger partial charge in [-0.05, 0) is 18.6 Å². The van der Waals surface area contributed by atoms with Crippen LogP contribution in [-0.2, 0) is 6.42 Å². The lowest BCUT2D eigenvalue weighted by atomic mass is 10.1. The van der Waals surface area contributed by atoms with Gasteiger partial charge in [0, 0.05) is 31.1 Å². The summed E-state index contributed by atoms with van der Waals surface area (Å²) in [5.74, 6) is 0. The second-order valence-electron chi connectivity index (χ2n) is 5.34. The fourth-order valence-corrected chi connectivity index (χ4v) is 3.02. The van der Waals surface area contributed by atoms with E-state index >= 15 is 0 Å². The Kier molecular flexibility index (Phi) is 7.22. The van der Waals surface area contributed by atoms with Gasteiger partial charge in [0.25, 0.3) is 0 Å². The highest BCUT2D eigenvalue weighted by Gasteiger charge is 2.07. The number of aromatic nitrogens is 2. The molecule has 0 unspecified atom stereocenters. The zero-order valence-corrected chi connectivity index (χ0v) is 13.7. The molecule has 0 radical (unpaired) electrons. The molecule has 0 spiro atoms. The zero-order chi connectivity index (χ0) is 14.8. The number of thiazole rings is 1. The molecule has 0 N–H and O–H groups in total. The minimum atomic E-state index is 1.01. The van der Waals surface area contributed by atoms with Gasteiger partial charge >= 0.3 is 0 Å². The average molecular weight is 303 g/mol. The van der Waals surface area contributed by atoms with Crippen molar-refractivity contribution in [2.45, 2.75) is 45.4 Å². The highest BCUT2D eigenvalue weighted by atomic mass is 32.1. The number of rotatable bonds is 10. The van der Waals surface area contributed by atoms with Crippen molar-refractivity contribution in [3.05, 3.63) is 41.1 Å². The minimum Gasteiger partial charge on any atom is -0.370 e. The lowest BCUT2D eigenvalue weighted by Crippen LogP contribution is -2.27. The van der Waals surface area contributed by atoms with E-state index in [9.17, 15) is 0 Å². The topological polar surface area (TPSA) is 29.0 Å². The smallest absolute Gasteiger partial charge is 0.0794 e. The van der Waals surface area contributed by atoms with Crippen LogP contribution in [0.3, 0.4) is 0 Å². The number of anilines is 1. The van der Waals surface area contributed by atoms with Crippen molar-refractivity contribution < 1.29 is 0 Å². The van der Waals surface area contributed by atoms with Crippen molar-refractivity contribution in [3.63, 3.8) is 0 Å². The van der Waals surface area contributed by atoms with Gasteiger partial charge < -0.3 is 4.90 Å². The maximum Gasteiger partial charge on any atom is 0.0794 e. The third kappa shape index (κ3) is 5.84. The summed E-state index contributed by atoms with van der Waals surface area (Å²) in [5.41, 5.74) is 4.33. The number of nitrogens with zero attached hydrogens (tertiary/aromatic N) is 3. The van der Waals surface area contributed by atoms with E-state index in [-0.39, 0.29) is 0 Å². The fraction of sp³-hybridized carbons (Fsp3) is 0.529. The third-order valence-corrected chi connectivity index (χ3v) is 4.30. The molecule has 2 aromatic rings. The Morgan fingerprint density at radius 2 is 2.05 bits per heavy atom. The van der Waals surface area contributed by atoms with Crippen molar-refractivity contribution in [3.8, 4) is 0 Å². The molecule has 0 aliphatic carbocycles.